The minimum Gasteiger partial charge on any atom is -0.308 e. The van der Waals surface area contributed by atoms with E-state index in [1.807, 2.05) is 49.6 Å². The molecule has 0 aliphatic carbocycles. The second-order valence-corrected chi connectivity index (χ2v) is 6.71. The van der Waals surface area contributed by atoms with Crippen molar-refractivity contribution in [3.05, 3.63) is 48.0 Å². The highest BCUT2D eigenvalue weighted by Gasteiger charge is 2.08. The number of carbonyl (C=O) groups is 1. The van der Waals surface area contributed by atoms with Crippen LogP contribution < -0.4 is 10.6 Å². The van der Waals surface area contributed by atoms with Crippen LogP contribution in [0.3, 0.4) is 0 Å². The zero-order chi connectivity index (χ0) is 15.5. The van der Waals surface area contributed by atoms with Crippen LogP contribution in [0.25, 0.3) is 10.2 Å². The molecule has 0 aliphatic rings. The average molecular weight is 329 g/mol. The second-order valence-electron chi connectivity index (χ2n) is 4.80. The Kier molecular flexibility index (Phi) is 4.31. The molecule has 112 valence electrons. The van der Waals surface area contributed by atoms with Gasteiger partial charge in [-0.05, 0) is 49.1 Å². The Morgan fingerprint density at radius 1 is 1.18 bits per heavy atom. The number of nitrogens with zero attached hydrogens (tertiary/aromatic N) is 1. The summed E-state index contributed by atoms with van der Waals surface area (Å²) in [6.45, 7) is 1.99. The number of anilines is 2. The molecule has 0 spiro atoms. The number of thiazole rings is 1. The van der Waals surface area contributed by atoms with E-state index in [2.05, 4.69) is 21.7 Å². The first-order valence-electron chi connectivity index (χ1n) is 6.73. The number of aryl methyl sites for hydroxylation is 1. The van der Waals surface area contributed by atoms with Crippen molar-refractivity contribution < 1.29 is 4.79 Å². The van der Waals surface area contributed by atoms with Gasteiger partial charge in [-0.1, -0.05) is 23.5 Å². The molecule has 0 saturated carbocycles. The number of benzene rings is 2. The van der Waals surface area contributed by atoms with Gasteiger partial charge in [-0.25, -0.2) is 9.78 Å². The highest BCUT2D eigenvalue weighted by atomic mass is 32.2. The van der Waals surface area contributed by atoms with Gasteiger partial charge < -0.3 is 5.32 Å². The topological polar surface area (TPSA) is 54.0 Å². The lowest BCUT2D eigenvalue weighted by atomic mass is 10.2. The van der Waals surface area contributed by atoms with Crippen LogP contribution in [0.15, 0.2) is 47.4 Å². The summed E-state index contributed by atoms with van der Waals surface area (Å²) < 4.78 is 1.07. The summed E-state index contributed by atoms with van der Waals surface area (Å²) in [6.07, 6.45) is 2.04. The molecule has 1 heterocycles. The number of hydrogen-bond donors (Lipinski definition) is 2. The number of rotatable bonds is 3. The molecule has 0 unspecified atom stereocenters. The average Bonchev–Trinajstić information content (AvgIpc) is 2.87. The summed E-state index contributed by atoms with van der Waals surface area (Å²) in [7, 11) is 0. The zero-order valence-corrected chi connectivity index (χ0v) is 13.8. The largest absolute Gasteiger partial charge is 0.325 e. The summed E-state index contributed by atoms with van der Waals surface area (Å²) in [5.41, 5.74) is 2.76. The minimum atomic E-state index is -0.283. The molecule has 0 saturated heterocycles. The van der Waals surface area contributed by atoms with Gasteiger partial charge in [0.2, 0.25) is 0 Å². The van der Waals surface area contributed by atoms with E-state index in [4.69, 9.17) is 0 Å². The zero-order valence-electron chi connectivity index (χ0n) is 12.2. The molecule has 1 aromatic heterocycles. The molecule has 0 fully saturated rings. The number of hydrogen-bond acceptors (Lipinski definition) is 4. The number of aromatic nitrogens is 1. The van der Waals surface area contributed by atoms with Gasteiger partial charge >= 0.3 is 6.03 Å². The van der Waals surface area contributed by atoms with Crippen LogP contribution in [-0.4, -0.2) is 17.3 Å². The molecule has 4 nitrogen and oxygen atoms in total. The van der Waals surface area contributed by atoms with E-state index < -0.39 is 0 Å². The number of urea groups is 1. The third kappa shape index (κ3) is 3.40. The standard InChI is InChI=1S/C16H15N3OS2/c1-10-4-3-5-11(8-10)17-15(20)19-16-18-13-7-6-12(21-2)9-14(13)22-16/h3-9H,1-2H3,(H2,17,18,19,20). The molecule has 0 aliphatic heterocycles. The fourth-order valence-electron chi connectivity index (χ4n) is 2.07. The van der Waals surface area contributed by atoms with E-state index in [1.165, 1.54) is 16.2 Å². The molecule has 3 rings (SSSR count). The number of thioether (sulfide) groups is 1. The molecule has 0 radical (unpaired) electrons. The molecule has 3 aromatic rings. The van der Waals surface area contributed by atoms with Crippen LogP contribution >= 0.6 is 23.1 Å². The van der Waals surface area contributed by atoms with Crippen molar-refractivity contribution >= 4 is 50.2 Å². The van der Waals surface area contributed by atoms with E-state index in [0.717, 1.165) is 21.5 Å². The number of carbonyl (C=O) groups excluding carboxylic acids is 1. The Bertz CT molecular complexity index is 829. The van der Waals surface area contributed by atoms with Gasteiger partial charge in [0, 0.05) is 10.6 Å². The predicted octanol–water partition coefficient (Wildman–Crippen LogP) is 4.97. The van der Waals surface area contributed by atoms with E-state index in [9.17, 15) is 4.79 Å². The van der Waals surface area contributed by atoms with Gasteiger partial charge in [0.25, 0.3) is 0 Å². The fourth-order valence-corrected chi connectivity index (χ4v) is 3.48. The normalized spacial score (nSPS) is 10.6. The molecular weight excluding hydrogens is 314 g/mol. The van der Waals surface area contributed by atoms with Crippen molar-refractivity contribution in [3.8, 4) is 0 Å². The van der Waals surface area contributed by atoms with Crippen LogP contribution in [0, 0.1) is 6.92 Å². The molecule has 2 aromatic carbocycles. The first kappa shape index (κ1) is 14.9. The van der Waals surface area contributed by atoms with Gasteiger partial charge in [0.05, 0.1) is 10.2 Å². The second kappa shape index (κ2) is 6.37. The Morgan fingerprint density at radius 3 is 2.82 bits per heavy atom. The van der Waals surface area contributed by atoms with Crippen LogP contribution in [0.1, 0.15) is 5.56 Å². The van der Waals surface area contributed by atoms with E-state index in [1.54, 1.807) is 11.8 Å². The molecule has 6 heteroatoms. The highest BCUT2D eigenvalue weighted by molar-refractivity contribution is 7.98. The molecule has 22 heavy (non-hydrogen) atoms. The summed E-state index contributed by atoms with van der Waals surface area (Å²) >= 11 is 3.16. The molecule has 0 bridgehead atoms. The minimum absolute atomic E-state index is 0.283. The van der Waals surface area contributed by atoms with Crippen molar-refractivity contribution in [2.75, 3.05) is 16.9 Å². The number of nitrogens with one attached hydrogen (secondary N) is 2. The van der Waals surface area contributed by atoms with E-state index in [-0.39, 0.29) is 6.03 Å². The van der Waals surface area contributed by atoms with E-state index in [0.29, 0.717) is 5.13 Å². The van der Waals surface area contributed by atoms with Crippen molar-refractivity contribution in [1.82, 2.24) is 4.98 Å². The monoisotopic (exact) mass is 329 g/mol. The van der Waals surface area contributed by atoms with Gasteiger partial charge in [0.15, 0.2) is 5.13 Å². The molecular formula is C16H15N3OS2. The predicted molar refractivity (Wildman–Crippen MR) is 95.2 cm³/mol. The number of amides is 2. The Balaban J connectivity index is 1.73. The lowest BCUT2D eigenvalue weighted by Gasteiger charge is -2.05. The number of fused-ring (bicyclic) bond motifs is 1. The lowest BCUT2D eigenvalue weighted by molar-refractivity contribution is 0.262. The summed E-state index contributed by atoms with van der Waals surface area (Å²) in [5.74, 6) is 0. The fraction of sp³-hybridized carbons (Fsp3) is 0.125. The van der Waals surface area contributed by atoms with Gasteiger partial charge in [-0.3, -0.25) is 5.32 Å². The SMILES string of the molecule is CSc1ccc2nc(NC(=O)Nc3cccc(C)c3)sc2c1. The maximum Gasteiger partial charge on any atom is 0.325 e. The third-order valence-electron chi connectivity index (χ3n) is 3.09. The Hall–Kier alpha value is -2.05. The summed E-state index contributed by atoms with van der Waals surface area (Å²) in [5, 5.41) is 6.19. The van der Waals surface area contributed by atoms with Crippen LogP contribution in [0.2, 0.25) is 0 Å². The van der Waals surface area contributed by atoms with Crippen molar-refractivity contribution in [1.29, 1.82) is 0 Å². The molecule has 2 N–H and O–H groups in total. The van der Waals surface area contributed by atoms with Crippen LogP contribution in [0.5, 0.6) is 0 Å². The van der Waals surface area contributed by atoms with Crippen LogP contribution in [0.4, 0.5) is 15.6 Å². The smallest absolute Gasteiger partial charge is 0.308 e. The Labute approximate surface area is 137 Å². The lowest BCUT2D eigenvalue weighted by Crippen LogP contribution is -2.19. The quantitative estimate of drug-likeness (QED) is 0.667. The summed E-state index contributed by atoms with van der Waals surface area (Å²) in [4.78, 5) is 17.6. The summed E-state index contributed by atoms with van der Waals surface area (Å²) in [6, 6.07) is 13.5. The van der Waals surface area contributed by atoms with Crippen molar-refractivity contribution in [2.24, 2.45) is 0 Å². The first-order valence-corrected chi connectivity index (χ1v) is 8.77. The van der Waals surface area contributed by atoms with Gasteiger partial charge in [0.1, 0.15) is 0 Å². The van der Waals surface area contributed by atoms with Gasteiger partial charge in [-0.2, -0.15) is 0 Å². The Morgan fingerprint density at radius 2 is 2.05 bits per heavy atom. The third-order valence-corrected chi connectivity index (χ3v) is 4.75. The first-order chi connectivity index (χ1) is 10.6. The van der Waals surface area contributed by atoms with Crippen molar-refractivity contribution in [3.63, 3.8) is 0 Å². The highest BCUT2D eigenvalue weighted by Crippen LogP contribution is 2.29. The molecule has 2 amide bonds. The van der Waals surface area contributed by atoms with Crippen LogP contribution in [-0.2, 0) is 0 Å². The maximum atomic E-state index is 12.0. The van der Waals surface area contributed by atoms with E-state index >= 15 is 0 Å². The maximum absolute atomic E-state index is 12.0. The van der Waals surface area contributed by atoms with Crippen molar-refractivity contribution in [2.45, 2.75) is 11.8 Å². The van der Waals surface area contributed by atoms with Gasteiger partial charge in [-0.15, -0.1) is 11.8 Å². The molecule has 0 atom stereocenters.